The summed E-state index contributed by atoms with van der Waals surface area (Å²) in [6, 6.07) is 21.6. The molecule has 0 radical (unpaired) electrons. The highest BCUT2D eigenvalue weighted by Crippen LogP contribution is 2.40. The number of hydrogen-bond donors (Lipinski definition) is 0. The van der Waals surface area contributed by atoms with Crippen LogP contribution in [0.15, 0.2) is 71.4 Å². The van der Waals surface area contributed by atoms with Gasteiger partial charge in [-0.1, -0.05) is 47.6 Å². The Morgan fingerprint density at radius 3 is 2.43 bits per heavy atom. The van der Waals surface area contributed by atoms with Crippen molar-refractivity contribution in [3.8, 4) is 0 Å². The minimum absolute atomic E-state index is 0.0523. The number of carbonyl (C=O) groups excluding carboxylic acids is 1. The second-order valence-electron chi connectivity index (χ2n) is 10.7. The topological polar surface area (TPSA) is 67.4 Å². The first-order valence-electron chi connectivity index (χ1n) is 13.5. The minimum Gasteiger partial charge on any atom is -0.351 e. The Morgan fingerprint density at radius 2 is 1.70 bits per heavy atom. The molecule has 0 saturated carbocycles. The second-order valence-corrected chi connectivity index (χ2v) is 10.7. The predicted octanol–water partition coefficient (Wildman–Crippen LogP) is 5.23. The third-order valence-corrected chi connectivity index (χ3v) is 8.64. The number of fused-ring (bicyclic) bond motifs is 1. The third-order valence-electron chi connectivity index (χ3n) is 8.64. The summed E-state index contributed by atoms with van der Waals surface area (Å²) in [5.41, 5.74) is 3.85. The van der Waals surface area contributed by atoms with Gasteiger partial charge in [-0.05, 0) is 68.7 Å². The highest BCUT2D eigenvalue weighted by atomic mass is 16.5. The number of benzene rings is 2. The third kappa shape index (κ3) is 4.68. The van der Waals surface area contributed by atoms with E-state index >= 15 is 0 Å². The molecule has 6 rings (SSSR count). The summed E-state index contributed by atoms with van der Waals surface area (Å²) in [6.45, 7) is 6.92. The molecule has 0 N–H and O–H groups in total. The molecule has 0 unspecified atom stereocenters. The van der Waals surface area contributed by atoms with Crippen LogP contribution >= 0.6 is 0 Å². The fourth-order valence-electron chi connectivity index (χ4n) is 6.49. The van der Waals surface area contributed by atoms with E-state index in [0.29, 0.717) is 11.8 Å². The maximum atomic E-state index is 12.8. The van der Waals surface area contributed by atoms with Crippen molar-refractivity contribution in [1.29, 1.82) is 0 Å². The molecule has 2 aromatic carbocycles. The summed E-state index contributed by atoms with van der Waals surface area (Å²) in [6.07, 6.45) is 6.88. The highest BCUT2D eigenvalue weighted by Gasteiger charge is 2.38. The van der Waals surface area contributed by atoms with Gasteiger partial charge in [-0.2, -0.15) is 0 Å². The molecule has 0 bridgehead atoms. The van der Waals surface area contributed by atoms with Gasteiger partial charge in [0.25, 0.3) is 5.91 Å². The van der Waals surface area contributed by atoms with Crippen LogP contribution in [0.4, 0.5) is 0 Å². The number of rotatable bonds is 6. The smallest absolute Gasteiger partial charge is 0.292 e. The van der Waals surface area contributed by atoms with Gasteiger partial charge in [0.2, 0.25) is 5.76 Å². The molecule has 37 heavy (non-hydrogen) atoms. The molecule has 4 heterocycles. The van der Waals surface area contributed by atoms with Crippen molar-refractivity contribution in [3.05, 3.63) is 84.0 Å². The standard InChI is InChI=1S/C30H35N5O2/c1-23-32-26-9-5-6-10-27(26)35(23)25-12-18-33(19-13-25)20-14-30(24-7-3-2-4-8-24)15-21-34(22-16-30)29(36)28-11-17-31-37-28/h2-11,17,25H,12-16,18-22H2,1H3. The van der Waals surface area contributed by atoms with Crippen LogP contribution in [0.2, 0.25) is 0 Å². The summed E-state index contributed by atoms with van der Waals surface area (Å²) >= 11 is 0. The van der Waals surface area contributed by atoms with Crippen molar-refractivity contribution in [2.24, 2.45) is 0 Å². The van der Waals surface area contributed by atoms with Crippen molar-refractivity contribution in [2.75, 3.05) is 32.7 Å². The average Bonchev–Trinajstić information content (AvgIpc) is 3.60. The van der Waals surface area contributed by atoms with E-state index in [2.05, 4.69) is 76.1 Å². The first-order valence-corrected chi connectivity index (χ1v) is 13.5. The SMILES string of the molecule is Cc1nc2ccccc2n1C1CCN(CCC2(c3ccccc3)CCN(C(=O)c3ccno3)CC2)CC1. The fraction of sp³-hybridized carbons (Fsp3) is 0.433. The molecule has 0 aliphatic carbocycles. The predicted molar refractivity (Wildman–Crippen MR) is 144 cm³/mol. The molecule has 4 aromatic rings. The van der Waals surface area contributed by atoms with Gasteiger partial charge in [-0.25, -0.2) is 4.98 Å². The summed E-state index contributed by atoms with van der Waals surface area (Å²) < 4.78 is 7.58. The zero-order valence-electron chi connectivity index (χ0n) is 21.6. The summed E-state index contributed by atoms with van der Waals surface area (Å²) in [5.74, 6) is 1.40. The van der Waals surface area contributed by atoms with Gasteiger partial charge in [0, 0.05) is 38.3 Å². The summed E-state index contributed by atoms with van der Waals surface area (Å²) in [4.78, 5) is 22.2. The van der Waals surface area contributed by atoms with Crippen LogP contribution in [0.5, 0.6) is 0 Å². The van der Waals surface area contributed by atoms with Gasteiger partial charge in [0.15, 0.2) is 0 Å². The monoisotopic (exact) mass is 497 g/mol. The Bertz CT molecular complexity index is 1330. The largest absolute Gasteiger partial charge is 0.351 e. The number of hydrogen-bond acceptors (Lipinski definition) is 5. The number of amides is 1. The molecule has 2 saturated heterocycles. The Labute approximate surface area is 218 Å². The first kappa shape index (κ1) is 23.9. The van der Waals surface area contributed by atoms with Crippen LogP contribution in [0.25, 0.3) is 11.0 Å². The van der Waals surface area contributed by atoms with Crippen LogP contribution < -0.4 is 0 Å². The molecule has 2 aromatic heterocycles. The van der Waals surface area contributed by atoms with Crippen LogP contribution in [-0.2, 0) is 5.41 Å². The Balaban J connectivity index is 1.11. The first-order chi connectivity index (χ1) is 18.1. The van der Waals surface area contributed by atoms with Crippen molar-refractivity contribution in [3.63, 3.8) is 0 Å². The van der Waals surface area contributed by atoms with Gasteiger partial charge in [-0.3, -0.25) is 4.79 Å². The number of imidazole rings is 1. The number of aryl methyl sites for hydroxylation is 1. The van der Waals surface area contributed by atoms with Crippen molar-refractivity contribution in [1.82, 2.24) is 24.5 Å². The van der Waals surface area contributed by atoms with Gasteiger partial charge in [0.1, 0.15) is 5.82 Å². The van der Waals surface area contributed by atoms with E-state index in [1.54, 1.807) is 6.07 Å². The van der Waals surface area contributed by atoms with Gasteiger partial charge in [0.05, 0.1) is 17.2 Å². The molecule has 7 heteroatoms. The van der Waals surface area contributed by atoms with Gasteiger partial charge >= 0.3 is 0 Å². The van der Waals surface area contributed by atoms with Crippen LogP contribution in [0.3, 0.4) is 0 Å². The van der Waals surface area contributed by atoms with E-state index in [1.807, 2.05) is 4.90 Å². The zero-order chi connectivity index (χ0) is 25.2. The number of para-hydroxylation sites is 2. The minimum atomic E-state index is -0.0523. The van der Waals surface area contributed by atoms with E-state index in [1.165, 1.54) is 17.3 Å². The number of aromatic nitrogens is 3. The van der Waals surface area contributed by atoms with E-state index < -0.39 is 0 Å². The molecule has 0 atom stereocenters. The number of nitrogens with zero attached hydrogens (tertiary/aromatic N) is 5. The van der Waals surface area contributed by atoms with E-state index in [9.17, 15) is 4.79 Å². The molecule has 1 amide bonds. The maximum Gasteiger partial charge on any atom is 0.292 e. The molecule has 2 aliphatic rings. The van der Waals surface area contributed by atoms with E-state index in [4.69, 9.17) is 9.51 Å². The Morgan fingerprint density at radius 1 is 0.973 bits per heavy atom. The van der Waals surface area contributed by atoms with E-state index in [0.717, 1.165) is 76.2 Å². The maximum absolute atomic E-state index is 12.8. The summed E-state index contributed by atoms with van der Waals surface area (Å²) in [5, 5.41) is 3.70. The normalized spacial score (nSPS) is 18.9. The second kappa shape index (κ2) is 10.1. The van der Waals surface area contributed by atoms with E-state index in [-0.39, 0.29) is 11.3 Å². The molecule has 2 aliphatic heterocycles. The summed E-state index contributed by atoms with van der Waals surface area (Å²) in [7, 11) is 0. The van der Waals surface area contributed by atoms with Crippen molar-refractivity contribution >= 4 is 16.9 Å². The quantitative estimate of drug-likeness (QED) is 0.365. The van der Waals surface area contributed by atoms with Gasteiger partial charge in [-0.15, -0.1) is 0 Å². The van der Waals surface area contributed by atoms with Crippen LogP contribution in [0.1, 0.15) is 60.1 Å². The number of piperidine rings is 2. The number of likely N-dealkylation sites (tertiary alicyclic amines) is 2. The van der Waals surface area contributed by atoms with Gasteiger partial charge < -0.3 is 18.9 Å². The lowest BCUT2D eigenvalue weighted by Gasteiger charge is -2.44. The lowest BCUT2D eigenvalue weighted by molar-refractivity contribution is 0.0603. The lowest BCUT2D eigenvalue weighted by atomic mass is 9.70. The highest BCUT2D eigenvalue weighted by molar-refractivity contribution is 5.91. The molecule has 7 nitrogen and oxygen atoms in total. The van der Waals surface area contributed by atoms with Crippen molar-refractivity contribution < 1.29 is 9.32 Å². The van der Waals surface area contributed by atoms with Crippen molar-refractivity contribution in [2.45, 2.75) is 50.5 Å². The Hall–Kier alpha value is -3.45. The number of carbonyl (C=O) groups is 1. The molecule has 192 valence electrons. The lowest BCUT2D eigenvalue weighted by Crippen LogP contribution is -2.47. The molecular weight excluding hydrogens is 462 g/mol. The Kier molecular flexibility index (Phi) is 6.55. The fourth-order valence-corrected chi connectivity index (χ4v) is 6.49. The molecular formula is C30H35N5O2. The van der Waals surface area contributed by atoms with Crippen LogP contribution in [0, 0.1) is 6.92 Å². The molecule has 0 spiro atoms. The average molecular weight is 498 g/mol. The zero-order valence-corrected chi connectivity index (χ0v) is 21.6. The molecule has 2 fully saturated rings. The van der Waals surface area contributed by atoms with Crippen LogP contribution in [-0.4, -0.2) is 63.1 Å².